The molecule has 2 aromatic rings. The Morgan fingerprint density at radius 3 is 2.59 bits per heavy atom. The lowest BCUT2D eigenvalue weighted by molar-refractivity contribution is 0.181. The lowest BCUT2D eigenvalue weighted by Crippen LogP contribution is -2.30. The van der Waals surface area contributed by atoms with E-state index in [0.29, 0.717) is 6.42 Å². The number of methoxy groups -OCH3 is 1. The number of nitrogens with zero attached hydrogens (tertiary/aromatic N) is 3. The summed E-state index contributed by atoms with van der Waals surface area (Å²) in [7, 11) is -2.09. The van der Waals surface area contributed by atoms with Crippen LogP contribution in [-0.2, 0) is 27.8 Å². The monoisotopic (exact) mass is 433 g/mol. The van der Waals surface area contributed by atoms with Crippen molar-refractivity contribution in [3.63, 3.8) is 0 Å². The van der Waals surface area contributed by atoms with Gasteiger partial charge in [0.2, 0.25) is 15.9 Å². The number of rotatable bonds is 10. The van der Waals surface area contributed by atoms with Crippen molar-refractivity contribution in [2.75, 3.05) is 26.5 Å². The van der Waals surface area contributed by atoms with E-state index in [0.717, 1.165) is 27.4 Å². The molecule has 0 radical (unpaired) electrons. The van der Waals surface area contributed by atoms with Gasteiger partial charge in [-0.15, -0.1) is 5.10 Å². The molecule has 8 nitrogen and oxygen atoms in total. The molecule has 1 atom stereocenters. The summed E-state index contributed by atoms with van der Waals surface area (Å²) in [5.41, 5.74) is -0.128. The van der Waals surface area contributed by atoms with Crippen LogP contribution in [-0.4, -0.2) is 49.0 Å². The summed E-state index contributed by atoms with van der Waals surface area (Å²) in [5, 5.41) is 4.00. The molecule has 0 amide bonds. The summed E-state index contributed by atoms with van der Waals surface area (Å²) in [4.78, 5) is 11.8. The second-order valence-electron chi connectivity index (χ2n) is 6.71. The Morgan fingerprint density at radius 2 is 2.00 bits per heavy atom. The van der Waals surface area contributed by atoms with Gasteiger partial charge in [0, 0.05) is 31.3 Å². The van der Waals surface area contributed by atoms with Crippen molar-refractivity contribution in [1.82, 2.24) is 14.1 Å². The van der Waals surface area contributed by atoms with Gasteiger partial charge in [-0.3, -0.25) is 0 Å². The lowest BCUT2D eigenvalue weighted by Gasteiger charge is -2.20. The van der Waals surface area contributed by atoms with Gasteiger partial charge >= 0.3 is 5.76 Å². The number of hydrogen-bond acceptors (Lipinski definition) is 6. The highest BCUT2D eigenvalue weighted by molar-refractivity contribution is 7.88. The van der Waals surface area contributed by atoms with E-state index in [1.54, 1.807) is 6.92 Å². The molecule has 0 spiro atoms. The van der Waals surface area contributed by atoms with Crippen molar-refractivity contribution in [2.24, 2.45) is 0 Å². The Bertz CT molecular complexity index is 1000. The first kappa shape index (κ1) is 23.2. The Hall–Kier alpha value is -2.11. The third kappa shape index (κ3) is 5.71. The number of ether oxygens (including phenoxy) is 1. The van der Waals surface area contributed by atoms with Crippen LogP contribution in [0, 0.1) is 11.6 Å². The number of aromatic nitrogens is 2. The molecule has 2 rings (SSSR count). The van der Waals surface area contributed by atoms with Crippen LogP contribution in [0.4, 0.5) is 8.78 Å². The topological polar surface area (TPSA) is 94.6 Å². The van der Waals surface area contributed by atoms with Gasteiger partial charge in [-0.05, 0) is 25.5 Å². The molecule has 0 aliphatic heterocycles. The van der Waals surface area contributed by atoms with Gasteiger partial charge in [0.15, 0.2) is 0 Å². The SMILES string of the molecule is CCCN(Cc1cc(F)c(C(C)c2nn(CCOC)c(=O)o2)cc1F)S(C)(=O)=O. The molecule has 0 fully saturated rings. The second kappa shape index (κ2) is 9.59. The highest BCUT2D eigenvalue weighted by Gasteiger charge is 2.24. The zero-order chi connectivity index (χ0) is 21.8. The van der Waals surface area contributed by atoms with Gasteiger partial charge in [-0.2, -0.15) is 8.99 Å². The molecule has 162 valence electrons. The third-order valence-electron chi connectivity index (χ3n) is 4.42. The fourth-order valence-electron chi connectivity index (χ4n) is 2.81. The molecular formula is C18H25F2N3O5S. The zero-order valence-electron chi connectivity index (χ0n) is 16.8. The first-order valence-corrected chi connectivity index (χ1v) is 10.9. The average molecular weight is 433 g/mol. The average Bonchev–Trinajstić information content (AvgIpc) is 3.01. The quantitative estimate of drug-likeness (QED) is 0.569. The fraction of sp³-hybridized carbons (Fsp3) is 0.556. The summed E-state index contributed by atoms with van der Waals surface area (Å²) in [6, 6.07) is 1.95. The molecule has 1 aromatic heterocycles. The molecule has 1 unspecified atom stereocenters. The Kier molecular flexibility index (Phi) is 7.66. The van der Waals surface area contributed by atoms with E-state index in [9.17, 15) is 22.0 Å². The van der Waals surface area contributed by atoms with Gasteiger partial charge in [0.1, 0.15) is 11.6 Å². The van der Waals surface area contributed by atoms with Crippen molar-refractivity contribution in [3.8, 4) is 0 Å². The van der Waals surface area contributed by atoms with E-state index in [2.05, 4.69) is 5.10 Å². The Morgan fingerprint density at radius 1 is 1.31 bits per heavy atom. The predicted octanol–water partition coefficient (Wildman–Crippen LogP) is 2.08. The van der Waals surface area contributed by atoms with Crippen molar-refractivity contribution < 1.29 is 26.4 Å². The van der Waals surface area contributed by atoms with Crippen LogP contribution in [0.1, 0.15) is 43.2 Å². The van der Waals surface area contributed by atoms with Crippen LogP contribution in [0.2, 0.25) is 0 Å². The highest BCUT2D eigenvalue weighted by atomic mass is 32.2. The van der Waals surface area contributed by atoms with Crippen LogP contribution in [0.25, 0.3) is 0 Å². The zero-order valence-corrected chi connectivity index (χ0v) is 17.6. The standard InChI is InChI=1S/C18H25F2N3O5S/c1-5-6-22(29(4,25)26)11-13-9-16(20)14(10-15(13)19)12(2)17-21-23(7-8-27-3)18(24)28-17/h9-10,12H,5-8,11H2,1-4H3. The predicted molar refractivity (Wildman–Crippen MR) is 102 cm³/mol. The minimum Gasteiger partial charge on any atom is -0.392 e. The second-order valence-corrected chi connectivity index (χ2v) is 8.69. The molecule has 1 heterocycles. The molecule has 0 bridgehead atoms. The van der Waals surface area contributed by atoms with E-state index in [1.807, 2.05) is 0 Å². The van der Waals surface area contributed by atoms with Crippen LogP contribution in [0.3, 0.4) is 0 Å². The maximum absolute atomic E-state index is 14.7. The molecule has 29 heavy (non-hydrogen) atoms. The van der Waals surface area contributed by atoms with Crippen LogP contribution >= 0.6 is 0 Å². The molecule has 1 aromatic carbocycles. The molecular weight excluding hydrogens is 408 g/mol. The van der Waals surface area contributed by atoms with Crippen LogP contribution in [0.15, 0.2) is 21.3 Å². The van der Waals surface area contributed by atoms with Crippen LogP contribution in [0.5, 0.6) is 0 Å². The van der Waals surface area contributed by atoms with Gasteiger partial charge in [0.25, 0.3) is 0 Å². The van der Waals surface area contributed by atoms with Crippen molar-refractivity contribution in [3.05, 3.63) is 51.3 Å². The third-order valence-corrected chi connectivity index (χ3v) is 5.67. The van der Waals surface area contributed by atoms with E-state index in [-0.39, 0.29) is 43.3 Å². The van der Waals surface area contributed by atoms with E-state index in [1.165, 1.54) is 14.0 Å². The Labute approximate surface area is 168 Å². The molecule has 0 saturated carbocycles. The van der Waals surface area contributed by atoms with Crippen molar-refractivity contribution in [1.29, 1.82) is 0 Å². The number of sulfonamides is 1. The maximum Gasteiger partial charge on any atom is 0.437 e. The van der Waals surface area contributed by atoms with Crippen molar-refractivity contribution >= 4 is 10.0 Å². The van der Waals surface area contributed by atoms with Gasteiger partial charge in [-0.1, -0.05) is 6.92 Å². The number of hydrogen-bond donors (Lipinski definition) is 0. The summed E-state index contributed by atoms with van der Waals surface area (Å²) in [6.45, 7) is 3.66. The van der Waals surface area contributed by atoms with E-state index >= 15 is 0 Å². The summed E-state index contributed by atoms with van der Waals surface area (Å²) in [5.74, 6) is -3.09. The number of halogens is 2. The first-order chi connectivity index (χ1) is 13.6. The maximum atomic E-state index is 14.7. The van der Waals surface area contributed by atoms with Crippen molar-refractivity contribution in [2.45, 2.75) is 39.3 Å². The lowest BCUT2D eigenvalue weighted by atomic mass is 9.98. The summed E-state index contributed by atoms with van der Waals surface area (Å²) in [6.07, 6.45) is 1.56. The van der Waals surface area contributed by atoms with Gasteiger partial charge in [0.05, 0.1) is 25.3 Å². The summed E-state index contributed by atoms with van der Waals surface area (Å²) < 4.78 is 65.1. The van der Waals surface area contributed by atoms with Gasteiger partial charge in [-0.25, -0.2) is 22.0 Å². The van der Waals surface area contributed by atoms with E-state index in [4.69, 9.17) is 9.15 Å². The molecule has 11 heteroatoms. The normalized spacial score (nSPS) is 13.2. The van der Waals surface area contributed by atoms with Gasteiger partial charge < -0.3 is 9.15 Å². The first-order valence-electron chi connectivity index (χ1n) is 9.08. The summed E-state index contributed by atoms with van der Waals surface area (Å²) >= 11 is 0. The largest absolute Gasteiger partial charge is 0.437 e. The minimum absolute atomic E-state index is 0.0483. The highest BCUT2D eigenvalue weighted by Crippen LogP contribution is 2.27. The number of benzene rings is 1. The molecule has 0 saturated heterocycles. The molecule has 0 aliphatic carbocycles. The molecule has 0 N–H and O–H groups in total. The van der Waals surface area contributed by atoms with Crippen LogP contribution < -0.4 is 5.76 Å². The fourth-order valence-corrected chi connectivity index (χ4v) is 3.70. The molecule has 0 aliphatic rings. The Balaban J connectivity index is 2.32. The smallest absolute Gasteiger partial charge is 0.392 e. The van der Waals surface area contributed by atoms with E-state index < -0.39 is 33.3 Å². The minimum atomic E-state index is -3.56.